The van der Waals surface area contributed by atoms with Gasteiger partial charge in [0.1, 0.15) is 30.0 Å². The minimum atomic E-state index is -4.35. The maximum atomic E-state index is 13.9. The van der Waals surface area contributed by atoms with E-state index in [4.69, 9.17) is 4.74 Å². The Hall–Kier alpha value is -3.99. The molecule has 11 heteroatoms. The molecule has 0 bridgehead atoms. The van der Waals surface area contributed by atoms with Crippen molar-refractivity contribution in [2.45, 2.75) is 57.6 Å². The number of hydrogen-bond acceptors (Lipinski definition) is 5. The summed E-state index contributed by atoms with van der Waals surface area (Å²) >= 11 is 0. The number of benzene rings is 3. The highest BCUT2D eigenvalue weighted by Crippen LogP contribution is 2.27. The van der Waals surface area contributed by atoms with Gasteiger partial charge in [-0.25, -0.2) is 17.2 Å². The minimum absolute atomic E-state index is 0.0778. The third-order valence-electron chi connectivity index (χ3n) is 6.05. The highest BCUT2D eigenvalue weighted by atomic mass is 32.2. The molecule has 3 rings (SSSR count). The molecule has 0 saturated heterocycles. The molecule has 0 heterocycles. The minimum Gasteiger partial charge on any atom is -0.494 e. The lowest BCUT2D eigenvalue weighted by molar-refractivity contribution is -0.140. The lowest BCUT2D eigenvalue weighted by Crippen LogP contribution is -2.54. The summed E-state index contributed by atoms with van der Waals surface area (Å²) in [6.45, 7) is 8.41. The zero-order chi connectivity index (χ0) is 30.4. The zero-order valence-electron chi connectivity index (χ0n) is 23.7. The van der Waals surface area contributed by atoms with Crippen molar-refractivity contribution in [3.63, 3.8) is 0 Å². The van der Waals surface area contributed by atoms with Crippen molar-refractivity contribution in [3.8, 4) is 5.75 Å². The Labute approximate surface area is 240 Å². The number of carbonyl (C=O) groups is 2. The van der Waals surface area contributed by atoms with Crippen molar-refractivity contribution in [1.82, 2.24) is 10.2 Å². The van der Waals surface area contributed by atoms with Crippen LogP contribution < -0.4 is 14.4 Å². The largest absolute Gasteiger partial charge is 0.494 e. The second kappa shape index (κ2) is 13.1. The molecular weight excluding hydrogens is 552 g/mol. The number of carbonyl (C=O) groups excluding carboxylic acids is 2. The van der Waals surface area contributed by atoms with Crippen molar-refractivity contribution < 1.29 is 31.5 Å². The van der Waals surface area contributed by atoms with Crippen LogP contribution in [0.15, 0.2) is 77.7 Å². The SMILES string of the molecule is CCOc1ccc(N(CC(=O)N(Cc2ccc(F)cc2)[C@H](C)C(=O)NC(C)(C)C)S(=O)(=O)c2ccc(F)cc2)cc1. The van der Waals surface area contributed by atoms with E-state index in [9.17, 15) is 26.8 Å². The number of nitrogens with one attached hydrogen (secondary N) is 1. The molecule has 0 aliphatic carbocycles. The number of halogens is 2. The van der Waals surface area contributed by atoms with Gasteiger partial charge in [-0.05, 0) is 101 Å². The maximum Gasteiger partial charge on any atom is 0.264 e. The highest BCUT2D eigenvalue weighted by molar-refractivity contribution is 7.92. The van der Waals surface area contributed by atoms with E-state index in [1.165, 1.54) is 48.2 Å². The van der Waals surface area contributed by atoms with Crippen LogP contribution >= 0.6 is 0 Å². The van der Waals surface area contributed by atoms with Gasteiger partial charge in [0.05, 0.1) is 17.2 Å². The van der Waals surface area contributed by atoms with Crippen LogP contribution in [0.3, 0.4) is 0 Å². The second-order valence-corrected chi connectivity index (χ2v) is 12.3. The fourth-order valence-corrected chi connectivity index (χ4v) is 5.40. The van der Waals surface area contributed by atoms with Gasteiger partial charge in [0.2, 0.25) is 11.8 Å². The van der Waals surface area contributed by atoms with E-state index in [2.05, 4.69) is 5.32 Å². The molecule has 0 aliphatic heterocycles. The molecule has 0 radical (unpaired) electrons. The smallest absolute Gasteiger partial charge is 0.264 e. The van der Waals surface area contributed by atoms with Gasteiger partial charge in [0.25, 0.3) is 10.0 Å². The molecule has 41 heavy (non-hydrogen) atoms. The van der Waals surface area contributed by atoms with Gasteiger partial charge < -0.3 is 15.0 Å². The first-order valence-corrected chi connectivity index (χ1v) is 14.5. The van der Waals surface area contributed by atoms with Crippen molar-refractivity contribution in [1.29, 1.82) is 0 Å². The lowest BCUT2D eigenvalue weighted by Gasteiger charge is -2.33. The number of hydrogen-bond donors (Lipinski definition) is 1. The van der Waals surface area contributed by atoms with Gasteiger partial charge in [-0.3, -0.25) is 13.9 Å². The highest BCUT2D eigenvalue weighted by Gasteiger charge is 2.33. The van der Waals surface area contributed by atoms with Crippen molar-refractivity contribution in [2.24, 2.45) is 0 Å². The number of rotatable bonds is 11. The van der Waals surface area contributed by atoms with Crippen LogP contribution in [0.5, 0.6) is 5.75 Å². The molecule has 2 amide bonds. The number of anilines is 1. The summed E-state index contributed by atoms with van der Waals surface area (Å²) in [6, 6.07) is 14.9. The van der Waals surface area contributed by atoms with Crippen LogP contribution in [0.4, 0.5) is 14.5 Å². The van der Waals surface area contributed by atoms with Crippen molar-refractivity contribution in [2.75, 3.05) is 17.5 Å². The predicted octanol–water partition coefficient (Wildman–Crippen LogP) is 4.89. The number of ether oxygens (including phenoxy) is 1. The van der Waals surface area contributed by atoms with Crippen LogP contribution in [0.2, 0.25) is 0 Å². The molecule has 0 unspecified atom stereocenters. The third-order valence-corrected chi connectivity index (χ3v) is 7.84. The Morgan fingerprint density at radius 3 is 1.95 bits per heavy atom. The van der Waals surface area contributed by atoms with Crippen molar-refractivity contribution >= 4 is 27.5 Å². The molecule has 3 aromatic carbocycles. The summed E-state index contributed by atoms with van der Waals surface area (Å²) in [5, 5.41) is 2.84. The number of sulfonamides is 1. The Balaban J connectivity index is 2.03. The quantitative estimate of drug-likeness (QED) is 0.345. The molecule has 1 N–H and O–H groups in total. The van der Waals surface area contributed by atoms with Crippen LogP contribution in [0, 0.1) is 11.6 Å². The Morgan fingerprint density at radius 1 is 0.902 bits per heavy atom. The maximum absolute atomic E-state index is 13.9. The van der Waals surface area contributed by atoms with Gasteiger partial charge in [-0.2, -0.15) is 0 Å². The van der Waals surface area contributed by atoms with Gasteiger partial charge in [0.15, 0.2) is 0 Å². The first-order valence-electron chi connectivity index (χ1n) is 13.1. The Morgan fingerprint density at radius 2 is 1.44 bits per heavy atom. The van der Waals surface area contributed by atoms with Gasteiger partial charge >= 0.3 is 0 Å². The Kier molecular flexibility index (Phi) is 10.1. The molecular formula is C30H35F2N3O5S. The Bertz CT molecular complexity index is 1440. The molecule has 220 valence electrons. The van der Waals surface area contributed by atoms with E-state index in [0.29, 0.717) is 17.9 Å². The predicted molar refractivity (Wildman–Crippen MR) is 153 cm³/mol. The van der Waals surface area contributed by atoms with Crippen LogP contribution in [0.25, 0.3) is 0 Å². The van der Waals surface area contributed by atoms with E-state index in [-0.39, 0.29) is 17.1 Å². The topological polar surface area (TPSA) is 96.0 Å². The summed E-state index contributed by atoms with van der Waals surface area (Å²) in [6.07, 6.45) is 0. The fraction of sp³-hybridized carbons (Fsp3) is 0.333. The van der Waals surface area contributed by atoms with E-state index < -0.39 is 51.6 Å². The lowest BCUT2D eigenvalue weighted by atomic mass is 10.1. The molecule has 0 aliphatic rings. The normalized spacial score (nSPS) is 12.4. The summed E-state index contributed by atoms with van der Waals surface area (Å²) in [5.74, 6) is -1.69. The summed E-state index contributed by atoms with van der Waals surface area (Å²) in [7, 11) is -4.35. The second-order valence-electron chi connectivity index (χ2n) is 10.5. The molecule has 0 spiro atoms. The number of amides is 2. The summed E-state index contributed by atoms with van der Waals surface area (Å²) in [5.41, 5.74) is 0.125. The van der Waals surface area contributed by atoms with E-state index >= 15 is 0 Å². The number of nitrogens with zero attached hydrogens (tertiary/aromatic N) is 2. The average molecular weight is 588 g/mol. The first kappa shape index (κ1) is 31.5. The zero-order valence-corrected chi connectivity index (χ0v) is 24.5. The molecule has 1 atom stereocenters. The monoisotopic (exact) mass is 587 g/mol. The molecule has 0 fully saturated rings. The fourth-order valence-electron chi connectivity index (χ4n) is 3.98. The van der Waals surface area contributed by atoms with E-state index in [1.54, 1.807) is 32.9 Å². The van der Waals surface area contributed by atoms with Gasteiger partial charge in [0, 0.05) is 12.1 Å². The van der Waals surface area contributed by atoms with Crippen LogP contribution in [-0.2, 0) is 26.2 Å². The molecule has 0 aromatic heterocycles. The van der Waals surface area contributed by atoms with Crippen LogP contribution in [-0.4, -0.2) is 49.9 Å². The van der Waals surface area contributed by atoms with Gasteiger partial charge in [-0.15, -0.1) is 0 Å². The molecule has 3 aromatic rings. The molecule has 0 saturated carbocycles. The van der Waals surface area contributed by atoms with Crippen LogP contribution in [0.1, 0.15) is 40.2 Å². The third kappa shape index (κ3) is 8.50. The first-order chi connectivity index (χ1) is 19.2. The molecule has 8 nitrogen and oxygen atoms in total. The van der Waals surface area contributed by atoms with E-state index in [1.807, 2.05) is 6.92 Å². The van der Waals surface area contributed by atoms with E-state index in [0.717, 1.165) is 28.6 Å². The average Bonchev–Trinajstić information content (AvgIpc) is 2.91. The van der Waals surface area contributed by atoms with Gasteiger partial charge in [-0.1, -0.05) is 12.1 Å². The summed E-state index contributed by atoms with van der Waals surface area (Å²) < 4.78 is 61.1. The van der Waals surface area contributed by atoms with Crippen molar-refractivity contribution in [3.05, 3.63) is 90.0 Å². The summed E-state index contributed by atoms with van der Waals surface area (Å²) in [4.78, 5) is 28.0. The standard InChI is InChI=1S/C30H35F2N3O5S/c1-6-40-26-15-13-25(14-16-26)35(41(38,39)27-17-11-24(32)12-18-27)20-28(36)34(19-22-7-9-23(31)10-8-22)21(2)29(37)33-30(3,4)5/h7-18,21H,6,19-20H2,1-5H3,(H,33,37)/t21-/m1/s1.